The van der Waals surface area contributed by atoms with Crippen LogP contribution in [0.3, 0.4) is 0 Å². The molecule has 0 aliphatic heterocycles. The van der Waals surface area contributed by atoms with E-state index in [-0.39, 0.29) is 11.9 Å². The van der Waals surface area contributed by atoms with Crippen LogP contribution in [0, 0.1) is 6.92 Å². The number of pyridine rings is 1. The molecule has 2 aromatic carbocycles. The fraction of sp³-hybridized carbons (Fsp3) is 0.182. The van der Waals surface area contributed by atoms with Gasteiger partial charge in [-0.1, -0.05) is 60.2 Å². The van der Waals surface area contributed by atoms with Crippen molar-refractivity contribution >= 4 is 11.6 Å². The average Bonchev–Trinajstić information content (AvgIpc) is 2.68. The third-order valence-electron chi connectivity index (χ3n) is 4.26. The summed E-state index contributed by atoms with van der Waals surface area (Å²) in [5.41, 5.74) is 4.81. The van der Waals surface area contributed by atoms with Crippen molar-refractivity contribution in [3.05, 3.63) is 95.3 Å². The van der Waals surface area contributed by atoms with Gasteiger partial charge >= 0.3 is 0 Å². The van der Waals surface area contributed by atoms with E-state index in [9.17, 15) is 4.79 Å². The van der Waals surface area contributed by atoms with E-state index in [0.29, 0.717) is 5.69 Å². The molecule has 0 saturated heterocycles. The molecule has 0 bridgehead atoms. The SMILES string of the molecule is Cc1ccc(CNc2ccc(C(=O)NC(C)c3ccccc3)nc2)cc1. The van der Waals surface area contributed by atoms with Gasteiger partial charge in [-0.25, -0.2) is 4.98 Å². The van der Waals surface area contributed by atoms with E-state index in [4.69, 9.17) is 0 Å². The molecule has 0 radical (unpaired) electrons. The van der Waals surface area contributed by atoms with Crippen LogP contribution in [-0.2, 0) is 6.54 Å². The first-order chi connectivity index (χ1) is 12.6. The summed E-state index contributed by atoms with van der Waals surface area (Å²) >= 11 is 0. The zero-order valence-corrected chi connectivity index (χ0v) is 15.1. The van der Waals surface area contributed by atoms with Gasteiger partial charge in [0.2, 0.25) is 0 Å². The average molecular weight is 345 g/mol. The number of hydrogen-bond donors (Lipinski definition) is 2. The number of amides is 1. The molecule has 0 aliphatic carbocycles. The summed E-state index contributed by atoms with van der Waals surface area (Å²) in [5.74, 6) is -0.175. The van der Waals surface area contributed by atoms with Gasteiger partial charge < -0.3 is 10.6 Å². The molecular formula is C22H23N3O. The Hall–Kier alpha value is -3.14. The van der Waals surface area contributed by atoms with Crippen LogP contribution in [-0.4, -0.2) is 10.9 Å². The van der Waals surface area contributed by atoms with E-state index in [1.165, 1.54) is 11.1 Å². The van der Waals surface area contributed by atoms with Crippen LogP contribution in [0.1, 0.15) is 40.1 Å². The van der Waals surface area contributed by atoms with E-state index < -0.39 is 0 Å². The van der Waals surface area contributed by atoms with Crippen molar-refractivity contribution in [2.75, 3.05) is 5.32 Å². The van der Waals surface area contributed by atoms with E-state index in [1.54, 1.807) is 12.3 Å². The Bertz CT molecular complexity index is 843. The van der Waals surface area contributed by atoms with Crippen molar-refractivity contribution in [1.29, 1.82) is 0 Å². The predicted octanol–water partition coefficient (Wildman–Crippen LogP) is 4.49. The van der Waals surface area contributed by atoms with Crippen LogP contribution in [0.25, 0.3) is 0 Å². The van der Waals surface area contributed by atoms with Crippen molar-refractivity contribution in [1.82, 2.24) is 10.3 Å². The van der Waals surface area contributed by atoms with Crippen LogP contribution in [0.2, 0.25) is 0 Å². The van der Waals surface area contributed by atoms with Crippen LogP contribution in [0.15, 0.2) is 72.9 Å². The number of aromatic nitrogens is 1. The fourth-order valence-corrected chi connectivity index (χ4v) is 2.64. The number of carbonyl (C=O) groups excluding carboxylic acids is 1. The van der Waals surface area contributed by atoms with Crippen LogP contribution in [0.4, 0.5) is 5.69 Å². The second kappa shape index (κ2) is 8.30. The van der Waals surface area contributed by atoms with Gasteiger partial charge in [-0.3, -0.25) is 4.79 Å². The number of aryl methyl sites for hydroxylation is 1. The van der Waals surface area contributed by atoms with Crippen LogP contribution in [0.5, 0.6) is 0 Å². The molecule has 3 rings (SSSR count). The lowest BCUT2D eigenvalue weighted by Crippen LogP contribution is -2.27. The van der Waals surface area contributed by atoms with Crippen molar-refractivity contribution in [3.63, 3.8) is 0 Å². The maximum Gasteiger partial charge on any atom is 0.270 e. The summed E-state index contributed by atoms with van der Waals surface area (Å²) in [6, 6.07) is 21.8. The fourth-order valence-electron chi connectivity index (χ4n) is 2.64. The third-order valence-corrected chi connectivity index (χ3v) is 4.26. The maximum atomic E-state index is 12.4. The molecular weight excluding hydrogens is 322 g/mol. The van der Waals surface area contributed by atoms with Crippen LogP contribution >= 0.6 is 0 Å². The molecule has 4 nitrogen and oxygen atoms in total. The first kappa shape index (κ1) is 17.7. The summed E-state index contributed by atoms with van der Waals surface area (Å²) in [6.45, 7) is 4.76. The summed E-state index contributed by atoms with van der Waals surface area (Å²) in [6.07, 6.45) is 1.69. The van der Waals surface area contributed by atoms with E-state index in [2.05, 4.69) is 46.8 Å². The number of benzene rings is 2. The zero-order valence-electron chi connectivity index (χ0n) is 15.1. The Morgan fingerprint density at radius 3 is 2.38 bits per heavy atom. The van der Waals surface area contributed by atoms with Gasteiger partial charge in [0.25, 0.3) is 5.91 Å². The van der Waals surface area contributed by atoms with Crippen molar-refractivity contribution < 1.29 is 4.79 Å². The van der Waals surface area contributed by atoms with E-state index >= 15 is 0 Å². The van der Waals surface area contributed by atoms with Crippen LogP contribution < -0.4 is 10.6 Å². The summed E-state index contributed by atoms with van der Waals surface area (Å²) in [4.78, 5) is 16.6. The Morgan fingerprint density at radius 2 is 1.73 bits per heavy atom. The van der Waals surface area contributed by atoms with Crippen molar-refractivity contribution in [2.24, 2.45) is 0 Å². The van der Waals surface area contributed by atoms with Gasteiger partial charge in [-0.05, 0) is 37.1 Å². The van der Waals surface area contributed by atoms with Crippen molar-refractivity contribution in [3.8, 4) is 0 Å². The van der Waals surface area contributed by atoms with Crippen molar-refractivity contribution in [2.45, 2.75) is 26.4 Å². The van der Waals surface area contributed by atoms with E-state index in [0.717, 1.165) is 17.8 Å². The Labute approximate surface area is 154 Å². The largest absolute Gasteiger partial charge is 0.380 e. The molecule has 3 aromatic rings. The third kappa shape index (κ3) is 4.70. The topological polar surface area (TPSA) is 54.0 Å². The van der Waals surface area contributed by atoms with Gasteiger partial charge in [0.05, 0.1) is 17.9 Å². The number of carbonyl (C=O) groups is 1. The van der Waals surface area contributed by atoms with Gasteiger partial charge in [-0.2, -0.15) is 0 Å². The van der Waals surface area contributed by atoms with Gasteiger partial charge in [-0.15, -0.1) is 0 Å². The number of hydrogen-bond acceptors (Lipinski definition) is 3. The van der Waals surface area contributed by atoms with Gasteiger partial charge in [0, 0.05) is 6.54 Å². The Kier molecular flexibility index (Phi) is 5.64. The second-order valence-electron chi connectivity index (χ2n) is 6.38. The first-order valence-corrected chi connectivity index (χ1v) is 8.73. The molecule has 0 spiro atoms. The normalized spacial score (nSPS) is 11.6. The van der Waals surface area contributed by atoms with Gasteiger partial charge in [0.15, 0.2) is 0 Å². The Balaban J connectivity index is 1.56. The molecule has 4 heteroatoms. The quantitative estimate of drug-likeness (QED) is 0.692. The summed E-state index contributed by atoms with van der Waals surface area (Å²) < 4.78 is 0. The molecule has 0 saturated carbocycles. The highest BCUT2D eigenvalue weighted by Gasteiger charge is 2.12. The molecule has 0 fully saturated rings. The smallest absolute Gasteiger partial charge is 0.270 e. The maximum absolute atomic E-state index is 12.4. The highest BCUT2D eigenvalue weighted by molar-refractivity contribution is 5.92. The summed E-state index contributed by atoms with van der Waals surface area (Å²) in [7, 11) is 0. The zero-order chi connectivity index (χ0) is 18.4. The second-order valence-corrected chi connectivity index (χ2v) is 6.38. The number of anilines is 1. The monoisotopic (exact) mass is 345 g/mol. The van der Waals surface area contributed by atoms with E-state index in [1.807, 2.05) is 43.3 Å². The lowest BCUT2D eigenvalue weighted by Gasteiger charge is -2.14. The number of rotatable bonds is 6. The summed E-state index contributed by atoms with van der Waals surface area (Å²) in [5, 5.41) is 6.29. The number of nitrogens with zero attached hydrogens (tertiary/aromatic N) is 1. The number of nitrogens with one attached hydrogen (secondary N) is 2. The molecule has 26 heavy (non-hydrogen) atoms. The molecule has 0 aliphatic rings. The highest BCUT2D eigenvalue weighted by atomic mass is 16.1. The molecule has 132 valence electrons. The highest BCUT2D eigenvalue weighted by Crippen LogP contribution is 2.13. The lowest BCUT2D eigenvalue weighted by atomic mass is 10.1. The minimum absolute atomic E-state index is 0.0650. The minimum Gasteiger partial charge on any atom is -0.380 e. The molecule has 1 heterocycles. The molecule has 2 N–H and O–H groups in total. The lowest BCUT2D eigenvalue weighted by molar-refractivity contribution is 0.0935. The standard InChI is InChI=1S/C22H23N3O/c1-16-8-10-18(11-9-16)14-23-20-12-13-21(24-15-20)22(26)25-17(2)19-6-4-3-5-7-19/h3-13,15,17,23H,14H2,1-2H3,(H,25,26). The predicted molar refractivity (Wildman–Crippen MR) is 105 cm³/mol. The molecule has 1 unspecified atom stereocenters. The molecule has 1 atom stereocenters. The minimum atomic E-state index is -0.175. The first-order valence-electron chi connectivity index (χ1n) is 8.73. The Morgan fingerprint density at radius 1 is 1.00 bits per heavy atom. The molecule has 1 amide bonds. The van der Waals surface area contributed by atoms with Gasteiger partial charge in [0.1, 0.15) is 5.69 Å². The molecule has 1 aromatic heterocycles.